The third kappa shape index (κ3) is 4.58. The van der Waals surface area contributed by atoms with E-state index in [-0.39, 0.29) is 24.3 Å². The molecule has 6 nitrogen and oxygen atoms in total. The van der Waals surface area contributed by atoms with Gasteiger partial charge in [-0.05, 0) is 30.7 Å². The SMILES string of the molecule is CCC(CO)NC(=O)CSc1nnc(-c2ccccc2F)n1-c1ccccc1. The average molecular weight is 400 g/mol. The van der Waals surface area contributed by atoms with E-state index in [1.807, 2.05) is 37.3 Å². The van der Waals surface area contributed by atoms with Gasteiger partial charge in [-0.15, -0.1) is 10.2 Å². The summed E-state index contributed by atoms with van der Waals surface area (Å²) < 4.78 is 16.1. The molecule has 0 aliphatic rings. The molecule has 146 valence electrons. The lowest BCUT2D eigenvalue weighted by Gasteiger charge is -2.14. The molecule has 1 heterocycles. The van der Waals surface area contributed by atoms with Crippen molar-refractivity contribution in [2.75, 3.05) is 12.4 Å². The van der Waals surface area contributed by atoms with E-state index in [0.717, 1.165) is 5.69 Å². The average Bonchev–Trinajstić information content (AvgIpc) is 3.15. The molecule has 1 aromatic heterocycles. The summed E-state index contributed by atoms with van der Waals surface area (Å²) in [6.45, 7) is 1.78. The van der Waals surface area contributed by atoms with Crippen molar-refractivity contribution in [2.45, 2.75) is 24.5 Å². The number of thioether (sulfide) groups is 1. The van der Waals surface area contributed by atoms with Crippen LogP contribution in [0.4, 0.5) is 4.39 Å². The molecule has 0 saturated carbocycles. The van der Waals surface area contributed by atoms with Crippen molar-refractivity contribution in [1.82, 2.24) is 20.1 Å². The van der Waals surface area contributed by atoms with Gasteiger partial charge in [0, 0.05) is 5.69 Å². The highest BCUT2D eigenvalue weighted by Crippen LogP contribution is 2.29. The van der Waals surface area contributed by atoms with Crippen molar-refractivity contribution in [3.05, 3.63) is 60.4 Å². The molecule has 3 aromatic rings. The third-order valence-corrected chi connectivity index (χ3v) is 5.10. The minimum atomic E-state index is -0.393. The first-order chi connectivity index (χ1) is 13.6. The number of para-hydroxylation sites is 1. The van der Waals surface area contributed by atoms with Gasteiger partial charge in [0.15, 0.2) is 11.0 Å². The highest BCUT2D eigenvalue weighted by molar-refractivity contribution is 7.99. The topological polar surface area (TPSA) is 80.0 Å². The molecule has 2 aromatic carbocycles. The molecule has 1 unspecified atom stereocenters. The predicted molar refractivity (Wildman–Crippen MR) is 107 cm³/mol. The second kappa shape index (κ2) is 9.48. The molecule has 1 atom stereocenters. The van der Waals surface area contributed by atoms with E-state index in [9.17, 15) is 14.3 Å². The minimum absolute atomic E-state index is 0.107. The molecule has 1 amide bonds. The number of amides is 1. The van der Waals surface area contributed by atoms with Gasteiger partial charge in [0.1, 0.15) is 5.82 Å². The monoisotopic (exact) mass is 400 g/mol. The second-order valence-electron chi connectivity index (χ2n) is 6.10. The Labute approximate surface area is 166 Å². The first-order valence-electron chi connectivity index (χ1n) is 8.92. The van der Waals surface area contributed by atoms with Crippen molar-refractivity contribution in [3.63, 3.8) is 0 Å². The summed E-state index contributed by atoms with van der Waals surface area (Å²) in [5, 5.41) is 20.8. The van der Waals surface area contributed by atoms with E-state index in [1.165, 1.54) is 17.8 Å². The Morgan fingerprint density at radius 3 is 2.57 bits per heavy atom. The molecule has 8 heteroatoms. The number of carbonyl (C=O) groups is 1. The summed E-state index contributed by atoms with van der Waals surface area (Å²) in [6.07, 6.45) is 0.643. The van der Waals surface area contributed by atoms with Gasteiger partial charge >= 0.3 is 0 Å². The molecule has 0 spiro atoms. The van der Waals surface area contributed by atoms with E-state index < -0.39 is 5.82 Å². The van der Waals surface area contributed by atoms with Crippen LogP contribution in [-0.4, -0.2) is 44.2 Å². The lowest BCUT2D eigenvalue weighted by atomic mass is 10.2. The molecule has 0 saturated heterocycles. The Kier molecular flexibility index (Phi) is 6.78. The molecule has 0 fully saturated rings. The maximum atomic E-state index is 14.3. The fraction of sp³-hybridized carbons (Fsp3) is 0.250. The molecule has 2 N–H and O–H groups in total. The second-order valence-corrected chi connectivity index (χ2v) is 7.04. The van der Waals surface area contributed by atoms with E-state index in [2.05, 4.69) is 15.5 Å². The molecule has 28 heavy (non-hydrogen) atoms. The van der Waals surface area contributed by atoms with Crippen molar-refractivity contribution < 1.29 is 14.3 Å². The highest BCUT2D eigenvalue weighted by Gasteiger charge is 2.19. The van der Waals surface area contributed by atoms with E-state index >= 15 is 0 Å². The predicted octanol–water partition coefficient (Wildman–Crippen LogP) is 3.05. The van der Waals surface area contributed by atoms with Crippen molar-refractivity contribution in [3.8, 4) is 17.1 Å². The Morgan fingerprint density at radius 1 is 1.18 bits per heavy atom. The lowest BCUT2D eigenvalue weighted by molar-refractivity contribution is -0.119. The van der Waals surface area contributed by atoms with Gasteiger partial charge in [-0.1, -0.05) is 49.0 Å². The maximum absolute atomic E-state index is 14.3. The molecular formula is C20H21FN4O2S. The number of benzene rings is 2. The van der Waals surface area contributed by atoms with Gasteiger partial charge in [0.25, 0.3) is 0 Å². The van der Waals surface area contributed by atoms with Crippen molar-refractivity contribution in [1.29, 1.82) is 0 Å². The molecule has 0 bridgehead atoms. The third-order valence-electron chi connectivity index (χ3n) is 4.17. The van der Waals surface area contributed by atoms with Crippen LogP contribution in [0.15, 0.2) is 59.8 Å². The number of rotatable bonds is 8. The lowest BCUT2D eigenvalue weighted by Crippen LogP contribution is -2.38. The Morgan fingerprint density at radius 2 is 1.89 bits per heavy atom. The molecular weight excluding hydrogens is 379 g/mol. The quantitative estimate of drug-likeness (QED) is 0.568. The molecule has 0 radical (unpaired) electrons. The normalized spacial score (nSPS) is 12.0. The zero-order valence-corrected chi connectivity index (χ0v) is 16.2. The van der Waals surface area contributed by atoms with Crippen LogP contribution in [0.2, 0.25) is 0 Å². The Hall–Kier alpha value is -2.71. The first kappa shape index (κ1) is 20.0. The van der Waals surface area contributed by atoms with Gasteiger partial charge in [0.2, 0.25) is 5.91 Å². The van der Waals surface area contributed by atoms with Gasteiger partial charge in [0.05, 0.1) is 24.0 Å². The summed E-state index contributed by atoms with van der Waals surface area (Å²) in [4.78, 5) is 12.2. The summed E-state index contributed by atoms with van der Waals surface area (Å²) >= 11 is 1.21. The van der Waals surface area contributed by atoms with Crippen LogP contribution in [0.3, 0.4) is 0 Å². The van der Waals surface area contributed by atoms with Crippen molar-refractivity contribution in [2.24, 2.45) is 0 Å². The van der Waals surface area contributed by atoms with E-state index in [1.54, 1.807) is 22.8 Å². The largest absolute Gasteiger partial charge is 0.394 e. The van der Waals surface area contributed by atoms with Gasteiger partial charge < -0.3 is 10.4 Å². The summed E-state index contributed by atoms with van der Waals surface area (Å²) in [7, 11) is 0. The number of carbonyl (C=O) groups excluding carboxylic acids is 1. The van der Waals surface area contributed by atoms with E-state index in [0.29, 0.717) is 23.0 Å². The molecule has 3 rings (SSSR count). The van der Waals surface area contributed by atoms with Gasteiger partial charge in [-0.25, -0.2) is 4.39 Å². The molecule has 0 aliphatic heterocycles. The van der Waals surface area contributed by atoms with Gasteiger partial charge in [-0.3, -0.25) is 9.36 Å². The zero-order valence-electron chi connectivity index (χ0n) is 15.4. The smallest absolute Gasteiger partial charge is 0.230 e. The fourth-order valence-corrected chi connectivity index (χ4v) is 3.43. The summed E-state index contributed by atoms with van der Waals surface area (Å²) in [5.41, 5.74) is 1.11. The van der Waals surface area contributed by atoms with Crippen molar-refractivity contribution >= 4 is 17.7 Å². The summed E-state index contributed by atoms with van der Waals surface area (Å²) in [6, 6.07) is 15.5. The number of aromatic nitrogens is 3. The van der Waals surface area contributed by atoms with Gasteiger partial charge in [-0.2, -0.15) is 0 Å². The standard InChI is InChI=1S/C20H21FN4O2S/c1-2-14(12-26)22-18(27)13-28-20-24-23-19(16-10-6-7-11-17(16)21)25(20)15-8-4-3-5-9-15/h3-11,14,26H,2,12-13H2,1H3,(H,22,27). The number of aliphatic hydroxyl groups is 1. The van der Waals surface area contributed by atoms with Crippen LogP contribution in [0.25, 0.3) is 17.1 Å². The maximum Gasteiger partial charge on any atom is 0.230 e. The van der Waals surface area contributed by atoms with Crippen LogP contribution in [0.5, 0.6) is 0 Å². The number of nitrogens with one attached hydrogen (secondary N) is 1. The van der Waals surface area contributed by atoms with Crippen LogP contribution < -0.4 is 5.32 Å². The fourth-order valence-electron chi connectivity index (χ4n) is 2.67. The Balaban J connectivity index is 1.90. The van der Waals surface area contributed by atoms with Crippen LogP contribution in [-0.2, 0) is 4.79 Å². The number of aliphatic hydroxyl groups excluding tert-OH is 1. The van der Waals surface area contributed by atoms with E-state index in [4.69, 9.17) is 0 Å². The number of hydrogen-bond donors (Lipinski definition) is 2. The van der Waals surface area contributed by atoms with Crippen LogP contribution >= 0.6 is 11.8 Å². The first-order valence-corrected chi connectivity index (χ1v) is 9.91. The number of nitrogens with zero attached hydrogens (tertiary/aromatic N) is 3. The zero-order chi connectivity index (χ0) is 19.9. The Bertz CT molecular complexity index is 929. The molecule has 0 aliphatic carbocycles. The van der Waals surface area contributed by atoms with Crippen LogP contribution in [0, 0.1) is 5.82 Å². The number of hydrogen-bond acceptors (Lipinski definition) is 5. The summed E-state index contributed by atoms with van der Waals surface area (Å²) in [5.74, 6) is -0.122. The van der Waals surface area contributed by atoms with Crippen LogP contribution in [0.1, 0.15) is 13.3 Å². The number of halogens is 1. The minimum Gasteiger partial charge on any atom is -0.394 e. The highest BCUT2D eigenvalue weighted by atomic mass is 32.2.